The van der Waals surface area contributed by atoms with Crippen molar-refractivity contribution in [1.29, 1.82) is 0 Å². The number of aromatic nitrogens is 2. The number of aryl methyl sites for hydroxylation is 1. The van der Waals surface area contributed by atoms with E-state index < -0.39 is 0 Å². The van der Waals surface area contributed by atoms with E-state index in [1.54, 1.807) is 37.5 Å². The van der Waals surface area contributed by atoms with E-state index in [2.05, 4.69) is 32.4 Å². The van der Waals surface area contributed by atoms with Gasteiger partial charge >= 0.3 is 0 Å². The number of carbonyl (C=O) groups is 2. The van der Waals surface area contributed by atoms with Crippen LogP contribution in [0.2, 0.25) is 0 Å². The fraction of sp³-hybridized carbons (Fsp3) is 0.100. The number of amides is 2. The van der Waals surface area contributed by atoms with Crippen molar-refractivity contribution < 1.29 is 9.59 Å². The van der Waals surface area contributed by atoms with Crippen LogP contribution in [-0.4, -0.2) is 21.8 Å². The molecular weight excluding hydrogens is 328 g/mol. The molecule has 0 aliphatic carbocycles. The van der Waals surface area contributed by atoms with Crippen LogP contribution in [0, 0.1) is 18.8 Å². The maximum absolute atomic E-state index is 12.5. The van der Waals surface area contributed by atoms with Crippen molar-refractivity contribution in [3.63, 3.8) is 0 Å². The number of rotatable bonds is 2. The third kappa shape index (κ3) is 2.47. The first-order valence-corrected chi connectivity index (χ1v) is 8.02. The maximum atomic E-state index is 12.5. The SMILES string of the molecule is CC#Cc1ccc(C2=C3C(=O)NC(c4ccc(C)cn4)=C3C(=O)N2)nc1. The summed E-state index contributed by atoms with van der Waals surface area (Å²) in [6, 6.07) is 7.20. The molecule has 2 aromatic heterocycles. The highest BCUT2D eigenvalue weighted by molar-refractivity contribution is 6.30. The van der Waals surface area contributed by atoms with Crippen molar-refractivity contribution in [2.75, 3.05) is 0 Å². The summed E-state index contributed by atoms with van der Waals surface area (Å²) in [4.78, 5) is 33.7. The van der Waals surface area contributed by atoms with Gasteiger partial charge in [-0.15, -0.1) is 5.92 Å². The molecule has 0 radical (unpaired) electrons. The van der Waals surface area contributed by atoms with Crippen LogP contribution in [0.3, 0.4) is 0 Å². The van der Waals surface area contributed by atoms with E-state index in [1.807, 2.05) is 13.0 Å². The van der Waals surface area contributed by atoms with Crippen molar-refractivity contribution in [2.24, 2.45) is 0 Å². The lowest BCUT2D eigenvalue weighted by Gasteiger charge is -2.06. The molecular formula is C20H14N4O2. The number of nitrogens with zero attached hydrogens (tertiary/aromatic N) is 2. The van der Waals surface area contributed by atoms with Gasteiger partial charge in [-0.05, 0) is 37.6 Å². The number of carbonyl (C=O) groups excluding carboxylic acids is 2. The van der Waals surface area contributed by atoms with Crippen LogP contribution in [0.5, 0.6) is 0 Å². The molecule has 0 spiro atoms. The van der Waals surface area contributed by atoms with Gasteiger partial charge in [0.1, 0.15) is 0 Å². The lowest BCUT2D eigenvalue weighted by Crippen LogP contribution is -2.22. The molecule has 0 aromatic carbocycles. The zero-order valence-electron chi connectivity index (χ0n) is 14.2. The molecule has 2 aromatic rings. The third-order valence-corrected chi connectivity index (χ3v) is 4.14. The van der Waals surface area contributed by atoms with Gasteiger partial charge in [-0.25, -0.2) is 0 Å². The standard InChI is InChI=1S/C20H14N4O2/c1-3-4-12-6-8-14(22-10-12)18-16-15(19(25)24-18)17(23-20(16)26)13-7-5-11(2)9-21-13/h5-10H,1-2H3,(H,23,26)(H,24,25). The van der Waals surface area contributed by atoms with Gasteiger partial charge in [0.2, 0.25) is 0 Å². The minimum Gasteiger partial charge on any atom is -0.319 e. The largest absolute Gasteiger partial charge is 0.319 e. The summed E-state index contributed by atoms with van der Waals surface area (Å²) in [7, 11) is 0. The molecule has 0 atom stereocenters. The van der Waals surface area contributed by atoms with Crippen LogP contribution < -0.4 is 10.6 Å². The van der Waals surface area contributed by atoms with E-state index in [0.717, 1.165) is 11.1 Å². The Kier molecular flexibility index (Phi) is 3.63. The Bertz CT molecular complexity index is 1070. The predicted molar refractivity (Wildman–Crippen MR) is 95.9 cm³/mol. The normalized spacial score (nSPS) is 15.5. The maximum Gasteiger partial charge on any atom is 0.258 e. The highest BCUT2D eigenvalue weighted by atomic mass is 16.2. The number of nitrogens with one attached hydrogen (secondary N) is 2. The van der Waals surface area contributed by atoms with Gasteiger partial charge in [0, 0.05) is 18.0 Å². The molecule has 4 rings (SSSR count). The molecule has 2 aliphatic heterocycles. The van der Waals surface area contributed by atoms with E-state index in [1.165, 1.54) is 0 Å². The number of hydrogen-bond acceptors (Lipinski definition) is 4. The molecule has 126 valence electrons. The highest BCUT2D eigenvalue weighted by Gasteiger charge is 2.41. The summed E-state index contributed by atoms with van der Waals surface area (Å²) in [5, 5.41) is 5.52. The fourth-order valence-electron chi connectivity index (χ4n) is 2.94. The summed E-state index contributed by atoms with van der Waals surface area (Å²) in [6.45, 7) is 3.67. The molecule has 6 nitrogen and oxygen atoms in total. The van der Waals surface area contributed by atoms with E-state index in [0.29, 0.717) is 33.9 Å². The Balaban J connectivity index is 1.83. The summed E-state index contributed by atoms with van der Waals surface area (Å²) in [6.07, 6.45) is 3.31. The number of fused-ring (bicyclic) bond motifs is 1. The Morgan fingerprint density at radius 1 is 0.846 bits per heavy atom. The molecule has 26 heavy (non-hydrogen) atoms. The first kappa shape index (κ1) is 15.8. The fourth-order valence-corrected chi connectivity index (χ4v) is 2.94. The van der Waals surface area contributed by atoms with Crippen LogP contribution >= 0.6 is 0 Å². The van der Waals surface area contributed by atoms with E-state index in [-0.39, 0.29) is 11.8 Å². The zero-order valence-corrected chi connectivity index (χ0v) is 14.2. The van der Waals surface area contributed by atoms with Crippen LogP contribution in [0.15, 0.2) is 47.8 Å². The van der Waals surface area contributed by atoms with E-state index >= 15 is 0 Å². The number of pyridine rings is 2. The molecule has 2 aliphatic rings. The molecule has 6 heteroatoms. The molecule has 0 bridgehead atoms. The van der Waals surface area contributed by atoms with Gasteiger partial charge < -0.3 is 10.6 Å². The van der Waals surface area contributed by atoms with E-state index in [9.17, 15) is 9.59 Å². The van der Waals surface area contributed by atoms with Crippen LogP contribution in [0.25, 0.3) is 11.4 Å². The molecule has 0 unspecified atom stereocenters. The molecule has 2 amide bonds. The van der Waals surface area contributed by atoms with Crippen molar-refractivity contribution in [1.82, 2.24) is 20.6 Å². The smallest absolute Gasteiger partial charge is 0.258 e. The summed E-state index contributed by atoms with van der Waals surface area (Å²) < 4.78 is 0. The summed E-state index contributed by atoms with van der Waals surface area (Å²) in [5.41, 5.74) is 4.25. The minimum atomic E-state index is -0.343. The van der Waals surface area contributed by atoms with Crippen LogP contribution in [0.4, 0.5) is 0 Å². The van der Waals surface area contributed by atoms with Crippen LogP contribution in [0.1, 0.15) is 29.4 Å². The first-order valence-electron chi connectivity index (χ1n) is 8.02. The van der Waals surface area contributed by atoms with Gasteiger partial charge in [0.05, 0.1) is 33.9 Å². The number of hydrogen-bond donors (Lipinski definition) is 2. The Labute approximate surface area is 150 Å². The van der Waals surface area contributed by atoms with Crippen molar-refractivity contribution in [2.45, 2.75) is 13.8 Å². The zero-order chi connectivity index (χ0) is 18.3. The predicted octanol–water partition coefficient (Wildman–Crippen LogP) is 1.54. The lowest BCUT2D eigenvalue weighted by molar-refractivity contribution is -0.117. The average Bonchev–Trinajstić information content (AvgIpc) is 3.16. The second kappa shape index (κ2) is 5.97. The Hall–Kier alpha value is -3.72. The Morgan fingerprint density at radius 2 is 1.42 bits per heavy atom. The molecule has 2 N–H and O–H groups in total. The molecule has 0 saturated heterocycles. The van der Waals surface area contributed by atoms with Gasteiger partial charge in [-0.2, -0.15) is 0 Å². The van der Waals surface area contributed by atoms with E-state index in [4.69, 9.17) is 0 Å². The average molecular weight is 342 g/mol. The van der Waals surface area contributed by atoms with Gasteiger partial charge in [0.15, 0.2) is 0 Å². The summed E-state index contributed by atoms with van der Waals surface area (Å²) >= 11 is 0. The van der Waals surface area contributed by atoms with Gasteiger partial charge in [0.25, 0.3) is 11.8 Å². The molecule has 0 saturated carbocycles. The molecule has 4 heterocycles. The Morgan fingerprint density at radius 3 is 1.88 bits per heavy atom. The third-order valence-electron chi connectivity index (χ3n) is 4.14. The monoisotopic (exact) mass is 342 g/mol. The highest BCUT2D eigenvalue weighted by Crippen LogP contribution is 2.36. The van der Waals surface area contributed by atoms with Crippen molar-refractivity contribution >= 4 is 23.2 Å². The minimum absolute atomic E-state index is 0.300. The van der Waals surface area contributed by atoms with Gasteiger partial charge in [-0.3, -0.25) is 19.6 Å². The second-order valence-corrected chi connectivity index (χ2v) is 5.94. The van der Waals surface area contributed by atoms with Crippen LogP contribution in [-0.2, 0) is 9.59 Å². The van der Waals surface area contributed by atoms with Gasteiger partial charge in [-0.1, -0.05) is 12.0 Å². The lowest BCUT2D eigenvalue weighted by atomic mass is 10.1. The topological polar surface area (TPSA) is 84.0 Å². The summed E-state index contributed by atoms with van der Waals surface area (Å²) in [5.74, 6) is 5.03. The quantitative estimate of drug-likeness (QED) is 0.811. The van der Waals surface area contributed by atoms with Crippen molar-refractivity contribution in [3.05, 3.63) is 70.3 Å². The van der Waals surface area contributed by atoms with Crippen molar-refractivity contribution in [3.8, 4) is 11.8 Å². The first-order chi connectivity index (χ1) is 12.6. The molecule has 0 fully saturated rings. The second-order valence-electron chi connectivity index (χ2n) is 5.94.